The molecule has 1 amide bonds. The van der Waals surface area contributed by atoms with Crippen molar-refractivity contribution in [1.29, 1.82) is 0 Å². The SMILES string of the molecule is CC(C)C(Nc1ccc(C(F)(F)F)cc1Cl)C(=O)NCCc1ccc(S(N)(=O)=O)cc1. The largest absolute Gasteiger partial charge is 0.416 e. The van der Waals surface area contributed by atoms with Gasteiger partial charge in [0.05, 0.1) is 21.2 Å². The van der Waals surface area contributed by atoms with E-state index in [2.05, 4.69) is 10.6 Å². The second kappa shape index (κ2) is 9.88. The Morgan fingerprint density at radius 2 is 1.74 bits per heavy atom. The highest BCUT2D eigenvalue weighted by molar-refractivity contribution is 7.89. The number of anilines is 1. The lowest BCUT2D eigenvalue weighted by Crippen LogP contribution is -2.43. The summed E-state index contributed by atoms with van der Waals surface area (Å²) in [7, 11) is -3.77. The molecule has 0 saturated heterocycles. The van der Waals surface area contributed by atoms with Crippen LogP contribution in [0.1, 0.15) is 25.0 Å². The summed E-state index contributed by atoms with van der Waals surface area (Å²) < 4.78 is 61.0. The van der Waals surface area contributed by atoms with Crippen LogP contribution in [0, 0.1) is 5.92 Å². The van der Waals surface area contributed by atoms with E-state index in [9.17, 15) is 26.4 Å². The summed E-state index contributed by atoms with van der Waals surface area (Å²) in [5, 5.41) is 10.6. The van der Waals surface area contributed by atoms with Crippen molar-refractivity contribution in [3.05, 3.63) is 58.6 Å². The highest BCUT2D eigenvalue weighted by atomic mass is 35.5. The van der Waals surface area contributed by atoms with Gasteiger partial charge in [-0.3, -0.25) is 4.79 Å². The van der Waals surface area contributed by atoms with Crippen LogP contribution in [0.3, 0.4) is 0 Å². The Balaban J connectivity index is 2.00. The van der Waals surface area contributed by atoms with Gasteiger partial charge in [-0.1, -0.05) is 37.6 Å². The minimum atomic E-state index is -4.51. The molecule has 0 bridgehead atoms. The minimum Gasteiger partial charge on any atom is -0.372 e. The highest BCUT2D eigenvalue weighted by Gasteiger charge is 2.31. The Bertz CT molecular complexity index is 1030. The van der Waals surface area contributed by atoms with Gasteiger partial charge in [-0.2, -0.15) is 13.2 Å². The smallest absolute Gasteiger partial charge is 0.372 e. The zero-order chi connectivity index (χ0) is 23.4. The van der Waals surface area contributed by atoms with Crippen LogP contribution in [-0.4, -0.2) is 26.9 Å². The number of halogens is 4. The number of carbonyl (C=O) groups excluding carboxylic acids is 1. The standard InChI is InChI=1S/C20H23ClF3N3O3S/c1-12(2)18(27-17-8-5-14(11-16(17)21)20(22,23)24)19(28)26-10-9-13-3-6-15(7-4-13)31(25,29)30/h3-8,11-12,18,27H,9-10H2,1-2H3,(H,26,28)(H2,25,29,30). The zero-order valence-corrected chi connectivity index (χ0v) is 18.4. The number of primary sulfonamides is 1. The van der Waals surface area contributed by atoms with Gasteiger partial charge in [0, 0.05) is 6.54 Å². The maximum absolute atomic E-state index is 12.8. The Morgan fingerprint density at radius 3 is 2.23 bits per heavy atom. The normalized spacial score (nSPS) is 13.2. The molecule has 0 radical (unpaired) electrons. The first-order valence-electron chi connectivity index (χ1n) is 9.32. The second-order valence-corrected chi connectivity index (χ2v) is 9.26. The van der Waals surface area contributed by atoms with Gasteiger partial charge in [0.2, 0.25) is 15.9 Å². The first-order valence-corrected chi connectivity index (χ1v) is 11.2. The molecule has 0 spiro atoms. The molecule has 0 aliphatic heterocycles. The van der Waals surface area contributed by atoms with Crippen LogP contribution in [0.25, 0.3) is 0 Å². The first kappa shape index (κ1) is 25.0. The van der Waals surface area contributed by atoms with E-state index in [-0.39, 0.29) is 34.0 Å². The van der Waals surface area contributed by atoms with Crippen molar-refractivity contribution in [2.75, 3.05) is 11.9 Å². The molecule has 0 fully saturated rings. The molecule has 0 aliphatic rings. The molecule has 4 N–H and O–H groups in total. The fourth-order valence-corrected chi connectivity index (χ4v) is 3.55. The third-order valence-corrected chi connectivity index (χ3v) is 5.76. The summed E-state index contributed by atoms with van der Waals surface area (Å²) in [6, 6.07) is 8.16. The fraction of sp³-hybridized carbons (Fsp3) is 0.350. The van der Waals surface area contributed by atoms with Gasteiger partial charge < -0.3 is 10.6 Å². The quantitative estimate of drug-likeness (QED) is 0.538. The van der Waals surface area contributed by atoms with Crippen molar-refractivity contribution in [3.63, 3.8) is 0 Å². The number of benzene rings is 2. The van der Waals surface area contributed by atoms with Crippen LogP contribution < -0.4 is 15.8 Å². The number of carbonyl (C=O) groups is 1. The molecule has 2 rings (SSSR count). The van der Waals surface area contributed by atoms with E-state index < -0.39 is 27.8 Å². The number of rotatable bonds is 8. The van der Waals surface area contributed by atoms with Gasteiger partial charge in [0.15, 0.2) is 0 Å². The van der Waals surface area contributed by atoms with Crippen molar-refractivity contribution in [3.8, 4) is 0 Å². The zero-order valence-electron chi connectivity index (χ0n) is 16.8. The molecule has 0 saturated carbocycles. The van der Waals surface area contributed by atoms with Gasteiger partial charge in [-0.15, -0.1) is 0 Å². The van der Waals surface area contributed by atoms with Gasteiger partial charge in [0.25, 0.3) is 0 Å². The molecule has 11 heteroatoms. The van der Waals surface area contributed by atoms with Gasteiger partial charge >= 0.3 is 6.18 Å². The van der Waals surface area contributed by atoms with Gasteiger partial charge in [-0.05, 0) is 48.2 Å². The molecular weight excluding hydrogens is 455 g/mol. The van der Waals surface area contributed by atoms with Crippen molar-refractivity contribution in [1.82, 2.24) is 5.32 Å². The maximum Gasteiger partial charge on any atom is 0.416 e. The molecular formula is C20H23ClF3N3O3S. The summed E-state index contributed by atoms with van der Waals surface area (Å²) >= 11 is 5.97. The van der Waals surface area contributed by atoms with Gasteiger partial charge in [0.1, 0.15) is 6.04 Å². The Hall–Kier alpha value is -2.30. The van der Waals surface area contributed by atoms with Crippen molar-refractivity contribution < 1.29 is 26.4 Å². The van der Waals surface area contributed by atoms with Crippen molar-refractivity contribution in [2.24, 2.45) is 11.1 Å². The molecule has 0 aliphatic carbocycles. The number of nitrogens with one attached hydrogen (secondary N) is 2. The van der Waals surface area contributed by atoms with Gasteiger partial charge in [-0.25, -0.2) is 13.6 Å². The van der Waals surface area contributed by atoms with E-state index in [0.29, 0.717) is 6.42 Å². The predicted molar refractivity (Wildman–Crippen MR) is 113 cm³/mol. The summed E-state index contributed by atoms with van der Waals surface area (Å²) in [6.07, 6.45) is -4.06. The Morgan fingerprint density at radius 1 is 1.13 bits per heavy atom. The van der Waals surface area contributed by atoms with E-state index in [1.54, 1.807) is 26.0 Å². The lowest BCUT2D eigenvalue weighted by molar-refractivity contribution is -0.137. The summed E-state index contributed by atoms with van der Waals surface area (Å²) in [5.41, 5.74) is 0.150. The third-order valence-electron chi connectivity index (χ3n) is 4.52. The van der Waals surface area contributed by atoms with Crippen molar-refractivity contribution >= 4 is 33.2 Å². The molecule has 1 unspecified atom stereocenters. The lowest BCUT2D eigenvalue weighted by Gasteiger charge is -2.23. The van der Waals surface area contributed by atoms with Crippen LogP contribution in [0.2, 0.25) is 5.02 Å². The van der Waals surface area contributed by atoms with E-state index in [4.69, 9.17) is 16.7 Å². The molecule has 170 valence electrons. The number of hydrogen-bond acceptors (Lipinski definition) is 4. The number of sulfonamides is 1. The van der Waals surface area contributed by atoms with Crippen LogP contribution in [0.15, 0.2) is 47.4 Å². The van der Waals surface area contributed by atoms with Crippen LogP contribution >= 0.6 is 11.6 Å². The van der Waals surface area contributed by atoms with Crippen LogP contribution in [-0.2, 0) is 27.4 Å². The number of amides is 1. The first-order chi connectivity index (χ1) is 14.3. The monoisotopic (exact) mass is 477 g/mol. The summed E-state index contributed by atoms with van der Waals surface area (Å²) in [4.78, 5) is 12.6. The number of nitrogens with two attached hydrogens (primary N) is 1. The third kappa shape index (κ3) is 7.12. The molecule has 0 heterocycles. The van der Waals surface area contributed by atoms with Crippen molar-refractivity contribution in [2.45, 2.75) is 37.4 Å². The average Bonchev–Trinajstić information content (AvgIpc) is 2.65. The topological polar surface area (TPSA) is 101 Å². The Kier molecular flexibility index (Phi) is 7.96. The predicted octanol–water partition coefficient (Wildman–Crippen LogP) is 3.80. The number of hydrogen-bond donors (Lipinski definition) is 3. The van der Waals surface area contributed by atoms with Crippen LogP contribution in [0.4, 0.5) is 18.9 Å². The number of alkyl halides is 3. The second-order valence-electron chi connectivity index (χ2n) is 7.29. The minimum absolute atomic E-state index is 0.00206. The Labute approximate surface area is 184 Å². The van der Waals surface area contributed by atoms with E-state index in [0.717, 1.165) is 17.7 Å². The molecule has 6 nitrogen and oxygen atoms in total. The van der Waals surface area contributed by atoms with E-state index in [1.807, 2.05) is 0 Å². The lowest BCUT2D eigenvalue weighted by atomic mass is 10.0. The molecule has 2 aromatic rings. The van der Waals surface area contributed by atoms with E-state index in [1.165, 1.54) is 18.2 Å². The maximum atomic E-state index is 12.8. The highest BCUT2D eigenvalue weighted by Crippen LogP contribution is 2.34. The van der Waals surface area contributed by atoms with E-state index >= 15 is 0 Å². The fourth-order valence-electron chi connectivity index (χ4n) is 2.80. The molecule has 31 heavy (non-hydrogen) atoms. The summed E-state index contributed by atoms with van der Waals surface area (Å²) in [6.45, 7) is 3.86. The molecule has 0 aromatic heterocycles. The molecule has 2 aromatic carbocycles. The van der Waals surface area contributed by atoms with Crippen LogP contribution in [0.5, 0.6) is 0 Å². The average molecular weight is 478 g/mol. The summed E-state index contributed by atoms with van der Waals surface area (Å²) in [5.74, 6) is -0.514. The molecule has 1 atom stereocenters.